The van der Waals surface area contributed by atoms with E-state index in [2.05, 4.69) is 4.57 Å². The van der Waals surface area contributed by atoms with Gasteiger partial charge in [-0.15, -0.1) is 0 Å². The Labute approximate surface area is 123 Å². The van der Waals surface area contributed by atoms with Crippen LogP contribution in [0.5, 0.6) is 0 Å². The summed E-state index contributed by atoms with van der Waals surface area (Å²) in [6.45, 7) is 3.12. The largest absolute Gasteiger partial charge is 0.466 e. The summed E-state index contributed by atoms with van der Waals surface area (Å²) in [5.74, 6) is 0.440. The molecule has 1 aromatic carbocycles. The van der Waals surface area contributed by atoms with Gasteiger partial charge < -0.3 is 9.30 Å². The van der Waals surface area contributed by atoms with Crippen LogP contribution in [0.4, 0.5) is 0 Å². The van der Waals surface area contributed by atoms with Crippen molar-refractivity contribution in [3.05, 3.63) is 36.0 Å². The highest BCUT2D eigenvalue weighted by molar-refractivity contribution is 5.97. The first-order valence-electron chi connectivity index (χ1n) is 7.44. The standard InChI is InChI=1S/C17H19NO3/c1-2-21-17(20)15-9-12(15)7-8-18-10-13(11-19)14-5-3-4-6-16(14)18/h3-6,10-12,15H,2,7-9H2,1H3/t12-,15+/m1/s1. The zero-order valence-electron chi connectivity index (χ0n) is 12.1. The molecule has 2 atom stereocenters. The van der Waals surface area contributed by atoms with Crippen LogP contribution in [-0.2, 0) is 16.1 Å². The molecule has 2 aromatic rings. The molecule has 4 nitrogen and oxygen atoms in total. The van der Waals surface area contributed by atoms with E-state index in [1.807, 2.05) is 37.4 Å². The lowest BCUT2D eigenvalue weighted by Gasteiger charge is -2.05. The predicted octanol–water partition coefficient (Wildman–Crippen LogP) is 3.04. The number of aromatic nitrogens is 1. The predicted molar refractivity (Wildman–Crippen MR) is 80.2 cm³/mol. The van der Waals surface area contributed by atoms with Crippen molar-refractivity contribution >= 4 is 23.2 Å². The molecule has 1 aliphatic carbocycles. The van der Waals surface area contributed by atoms with Crippen molar-refractivity contribution in [3.63, 3.8) is 0 Å². The summed E-state index contributed by atoms with van der Waals surface area (Å²) < 4.78 is 7.16. The van der Waals surface area contributed by atoms with Gasteiger partial charge in [0.05, 0.1) is 12.5 Å². The van der Waals surface area contributed by atoms with Crippen LogP contribution in [-0.4, -0.2) is 23.4 Å². The van der Waals surface area contributed by atoms with Gasteiger partial charge in [-0.1, -0.05) is 18.2 Å². The fraction of sp³-hybridized carbons (Fsp3) is 0.412. The van der Waals surface area contributed by atoms with Crippen molar-refractivity contribution in [1.82, 2.24) is 4.57 Å². The Morgan fingerprint density at radius 2 is 2.24 bits per heavy atom. The third kappa shape index (κ3) is 2.71. The van der Waals surface area contributed by atoms with Gasteiger partial charge in [-0.3, -0.25) is 9.59 Å². The van der Waals surface area contributed by atoms with E-state index in [4.69, 9.17) is 4.74 Å². The van der Waals surface area contributed by atoms with Gasteiger partial charge in [0.25, 0.3) is 0 Å². The number of rotatable bonds is 6. The molecule has 0 N–H and O–H groups in total. The van der Waals surface area contributed by atoms with Gasteiger partial charge in [-0.25, -0.2) is 0 Å². The highest BCUT2D eigenvalue weighted by atomic mass is 16.5. The summed E-state index contributed by atoms with van der Waals surface area (Å²) in [6, 6.07) is 7.91. The lowest BCUT2D eigenvalue weighted by Crippen LogP contribution is -2.08. The normalized spacial score (nSPS) is 20.4. The Morgan fingerprint density at radius 1 is 1.43 bits per heavy atom. The molecular weight excluding hydrogens is 266 g/mol. The van der Waals surface area contributed by atoms with Crippen LogP contribution in [0, 0.1) is 11.8 Å². The number of para-hydroxylation sites is 1. The van der Waals surface area contributed by atoms with Gasteiger partial charge in [0.15, 0.2) is 6.29 Å². The molecule has 0 unspecified atom stereocenters. The fourth-order valence-corrected chi connectivity index (χ4v) is 2.96. The Bertz CT molecular complexity index is 674. The maximum Gasteiger partial charge on any atom is 0.309 e. The number of hydrogen-bond donors (Lipinski definition) is 0. The van der Waals surface area contributed by atoms with Crippen molar-refractivity contribution in [2.45, 2.75) is 26.3 Å². The molecule has 0 amide bonds. The topological polar surface area (TPSA) is 48.3 Å². The SMILES string of the molecule is CCOC(=O)[C@H]1C[C@H]1CCn1cc(C=O)c2ccccc21. The van der Waals surface area contributed by atoms with E-state index in [0.29, 0.717) is 12.5 Å². The molecular formula is C17H19NO3. The minimum atomic E-state index is -0.0616. The Kier molecular flexibility index (Phi) is 3.78. The van der Waals surface area contributed by atoms with Crippen molar-refractivity contribution in [3.8, 4) is 0 Å². The lowest BCUT2D eigenvalue weighted by atomic mass is 10.2. The summed E-state index contributed by atoms with van der Waals surface area (Å²) in [6.07, 6.45) is 4.68. The molecule has 1 saturated carbocycles. The maximum absolute atomic E-state index is 11.6. The number of benzene rings is 1. The van der Waals surface area contributed by atoms with Gasteiger partial charge in [0, 0.05) is 29.2 Å². The van der Waals surface area contributed by atoms with E-state index in [-0.39, 0.29) is 11.9 Å². The Morgan fingerprint density at radius 3 is 3.00 bits per heavy atom. The van der Waals surface area contributed by atoms with Gasteiger partial charge in [-0.05, 0) is 31.7 Å². The van der Waals surface area contributed by atoms with E-state index in [0.717, 1.165) is 42.1 Å². The zero-order valence-corrected chi connectivity index (χ0v) is 12.1. The Balaban J connectivity index is 1.67. The number of fused-ring (bicyclic) bond motifs is 1. The van der Waals surface area contributed by atoms with Crippen LogP contribution in [0.25, 0.3) is 10.9 Å². The number of aryl methyl sites for hydroxylation is 1. The minimum Gasteiger partial charge on any atom is -0.466 e. The summed E-state index contributed by atoms with van der Waals surface area (Å²) in [7, 11) is 0. The van der Waals surface area contributed by atoms with Gasteiger partial charge in [0.2, 0.25) is 0 Å². The van der Waals surface area contributed by atoms with Crippen molar-refractivity contribution in [2.24, 2.45) is 11.8 Å². The van der Waals surface area contributed by atoms with Crippen LogP contribution in [0.15, 0.2) is 30.5 Å². The molecule has 4 heteroatoms. The molecule has 0 aliphatic heterocycles. The summed E-state index contributed by atoms with van der Waals surface area (Å²) in [5, 5.41) is 0.991. The number of nitrogens with zero attached hydrogens (tertiary/aromatic N) is 1. The summed E-state index contributed by atoms with van der Waals surface area (Å²) in [4.78, 5) is 22.7. The van der Waals surface area contributed by atoms with E-state index in [9.17, 15) is 9.59 Å². The van der Waals surface area contributed by atoms with Crippen LogP contribution >= 0.6 is 0 Å². The second-order valence-corrected chi connectivity index (χ2v) is 5.56. The fourth-order valence-electron chi connectivity index (χ4n) is 2.96. The molecule has 21 heavy (non-hydrogen) atoms. The zero-order chi connectivity index (χ0) is 14.8. The van der Waals surface area contributed by atoms with Gasteiger partial charge in [0.1, 0.15) is 0 Å². The highest BCUT2D eigenvalue weighted by Gasteiger charge is 2.43. The first kappa shape index (κ1) is 13.9. The number of carbonyl (C=O) groups is 2. The van der Waals surface area contributed by atoms with E-state index >= 15 is 0 Å². The lowest BCUT2D eigenvalue weighted by molar-refractivity contribution is -0.145. The van der Waals surface area contributed by atoms with E-state index < -0.39 is 0 Å². The smallest absolute Gasteiger partial charge is 0.309 e. The molecule has 110 valence electrons. The number of esters is 1. The summed E-state index contributed by atoms with van der Waals surface area (Å²) >= 11 is 0. The third-order valence-corrected chi connectivity index (χ3v) is 4.20. The Hall–Kier alpha value is -2.10. The first-order valence-corrected chi connectivity index (χ1v) is 7.44. The quantitative estimate of drug-likeness (QED) is 0.605. The number of ether oxygens (including phenoxy) is 1. The molecule has 3 rings (SSSR count). The average Bonchev–Trinajstić information content (AvgIpc) is 3.20. The monoisotopic (exact) mass is 285 g/mol. The maximum atomic E-state index is 11.6. The van der Waals surface area contributed by atoms with Crippen LogP contribution < -0.4 is 0 Å². The van der Waals surface area contributed by atoms with Crippen molar-refractivity contribution < 1.29 is 14.3 Å². The molecule has 1 aromatic heterocycles. The van der Waals surface area contributed by atoms with E-state index in [1.54, 1.807) is 0 Å². The first-order chi connectivity index (χ1) is 10.2. The number of aldehydes is 1. The molecule has 0 spiro atoms. The molecule has 0 saturated heterocycles. The van der Waals surface area contributed by atoms with E-state index in [1.165, 1.54) is 0 Å². The number of hydrogen-bond acceptors (Lipinski definition) is 3. The molecule has 1 aliphatic rings. The highest BCUT2D eigenvalue weighted by Crippen LogP contribution is 2.42. The van der Waals surface area contributed by atoms with Gasteiger partial charge in [-0.2, -0.15) is 0 Å². The molecule has 0 bridgehead atoms. The van der Waals surface area contributed by atoms with Gasteiger partial charge >= 0.3 is 5.97 Å². The summed E-state index contributed by atoms with van der Waals surface area (Å²) in [5.41, 5.74) is 1.80. The van der Waals surface area contributed by atoms with Crippen LogP contribution in [0.1, 0.15) is 30.1 Å². The third-order valence-electron chi connectivity index (χ3n) is 4.20. The molecule has 0 radical (unpaired) electrons. The van der Waals surface area contributed by atoms with Crippen molar-refractivity contribution in [1.29, 1.82) is 0 Å². The number of carbonyl (C=O) groups excluding carboxylic acids is 2. The van der Waals surface area contributed by atoms with Crippen molar-refractivity contribution in [2.75, 3.05) is 6.61 Å². The molecule has 1 fully saturated rings. The van der Waals surface area contributed by atoms with Crippen LogP contribution in [0.3, 0.4) is 0 Å². The second kappa shape index (κ2) is 5.72. The second-order valence-electron chi connectivity index (χ2n) is 5.56. The average molecular weight is 285 g/mol. The van der Waals surface area contributed by atoms with Crippen LogP contribution in [0.2, 0.25) is 0 Å². The molecule has 1 heterocycles. The minimum absolute atomic E-state index is 0.0616.